The minimum Gasteiger partial charge on any atom is -0.496 e. The lowest BCUT2D eigenvalue weighted by molar-refractivity contribution is 0.336. The molecule has 0 spiro atoms. The van der Waals surface area contributed by atoms with Gasteiger partial charge in [-0.25, -0.2) is 4.99 Å². The number of benzene rings is 2. The van der Waals surface area contributed by atoms with E-state index in [1.54, 1.807) is 21.3 Å². The molecule has 0 fully saturated rings. The molecule has 0 aliphatic carbocycles. The van der Waals surface area contributed by atoms with Crippen LogP contribution in [0.5, 0.6) is 23.0 Å². The fraction of sp³-hybridized carbons (Fsp3) is 0.409. The summed E-state index contributed by atoms with van der Waals surface area (Å²) in [6, 6.07) is 11.6. The lowest BCUT2D eigenvalue weighted by Crippen LogP contribution is -2.37. The third-order valence-electron chi connectivity index (χ3n) is 4.27. The summed E-state index contributed by atoms with van der Waals surface area (Å²) in [5.41, 5.74) is 1.92. The quantitative estimate of drug-likeness (QED) is 0.470. The van der Waals surface area contributed by atoms with Crippen LogP contribution in [-0.4, -0.2) is 40.4 Å². The van der Waals surface area contributed by atoms with Crippen LogP contribution in [0.4, 0.5) is 0 Å². The zero-order valence-electron chi connectivity index (χ0n) is 17.9. The highest BCUT2D eigenvalue weighted by Crippen LogP contribution is 2.33. The van der Waals surface area contributed by atoms with Gasteiger partial charge in [0.15, 0.2) is 5.96 Å². The molecule has 0 atom stereocenters. The first-order valence-electron chi connectivity index (χ1n) is 9.68. The van der Waals surface area contributed by atoms with Gasteiger partial charge in [0, 0.05) is 24.2 Å². The summed E-state index contributed by atoms with van der Waals surface area (Å²) >= 11 is 0. The van der Waals surface area contributed by atoms with E-state index in [4.69, 9.17) is 23.9 Å². The van der Waals surface area contributed by atoms with Crippen LogP contribution < -0.4 is 29.6 Å². The van der Waals surface area contributed by atoms with Crippen molar-refractivity contribution in [1.29, 1.82) is 0 Å². The smallest absolute Gasteiger partial charge is 0.191 e. The summed E-state index contributed by atoms with van der Waals surface area (Å²) in [5.74, 6) is 3.60. The van der Waals surface area contributed by atoms with Crippen LogP contribution in [0.2, 0.25) is 0 Å². The lowest BCUT2D eigenvalue weighted by atomic mass is 10.1. The summed E-state index contributed by atoms with van der Waals surface area (Å²) in [5, 5.41) is 6.61. The molecule has 0 bridgehead atoms. The molecule has 158 valence electrons. The Morgan fingerprint density at radius 1 is 0.897 bits per heavy atom. The molecule has 0 unspecified atom stereocenters. The van der Waals surface area contributed by atoms with E-state index in [0.717, 1.165) is 23.4 Å². The van der Waals surface area contributed by atoms with E-state index in [0.29, 0.717) is 42.9 Å². The molecule has 0 aromatic heterocycles. The van der Waals surface area contributed by atoms with Gasteiger partial charge in [0.1, 0.15) is 23.0 Å². The maximum Gasteiger partial charge on any atom is 0.191 e. The van der Waals surface area contributed by atoms with Gasteiger partial charge in [0.2, 0.25) is 0 Å². The van der Waals surface area contributed by atoms with E-state index in [2.05, 4.69) is 10.6 Å². The fourth-order valence-corrected chi connectivity index (χ4v) is 2.86. The first-order valence-corrected chi connectivity index (χ1v) is 9.68. The zero-order chi connectivity index (χ0) is 21.1. The number of guanidine groups is 1. The van der Waals surface area contributed by atoms with Crippen LogP contribution in [0, 0.1) is 0 Å². The molecule has 2 aromatic rings. The third-order valence-corrected chi connectivity index (χ3v) is 4.27. The van der Waals surface area contributed by atoms with Crippen molar-refractivity contribution in [2.24, 2.45) is 4.99 Å². The van der Waals surface area contributed by atoms with Gasteiger partial charge in [-0.15, -0.1) is 0 Å². The van der Waals surface area contributed by atoms with Gasteiger partial charge in [-0.2, -0.15) is 0 Å². The van der Waals surface area contributed by atoms with Crippen molar-refractivity contribution in [3.8, 4) is 23.0 Å². The molecular formula is C22H31N3O4. The molecule has 0 heterocycles. The topological polar surface area (TPSA) is 73.3 Å². The number of para-hydroxylation sites is 1. The van der Waals surface area contributed by atoms with E-state index in [-0.39, 0.29) is 0 Å². The molecule has 29 heavy (non-hydrogen) atoms. The van der Waals surface area contributed by atoms with Gasteiger partial charge in [0.05, 0.1) is 46.6 Å². The first-order chi connectivity index (χ1) is 14.2. The van der Waals surface area contributed by atoms with Crippen molar-refractivity contribution in [3.05, 3.63) is 47.5 Å². The van der Waals surface area contributed by atoms with Crippen molar-refractivity contribution < 1.29 is 18.9 Å². The van der Waals surface area contributed by atoms with Gasteiger partial charge in [-0.3, -0.25) is 0 Å². The van der Waals surface area contributed by atoms with E-state index in [1.165, 1.54) is 0 Å². The average Bonchev–Trinajstić information content (AvgIpc) is 2.76. The Balaban J connectivity index is 2.18. The fourth-order valence-electron chi connectivity index (χ4n) is 2.86. The zero-order valence-corrected chi connectivity index (χ0v) is 17.9. The minimum absolute atomic E-state index is 0.481. The number of nitrogens with zero attached hydrogens (tertiary/aromatic N) is 1. The number of nitrogens with one attached hydrogen (secondary N) is 2. The molecule has 2 rings (SSSR count). The van der Waals surface area contributed by atoms with Gasteiger partial charge in [-0.1, -0.05) is 18.2 Å². The van der Waals surface area contributed by atoms with Crippen LogP contribution in [0.25, 0.3) is 0 Å². The van der Waals surface area contributed by atoms with Crippen molar-refractivity contribution in [3.63, 3.8) is 0 Å². The highest BCUT2D eigenvalue weighted by Gasteiger charge is 2.14. The Bertz CT molecular complexity index is 783. The Kier molecular flexibility index (Phi) is 8.95. The molecule has 7 nitrogen and oxygen atoms in total. The van der Waals surface area contributed by atoms with E-state index in [9.17, 15) is 0 Å². The SMILES string of the molecule is CCNC(=NCc1ccccc1OCC)NCc1c(OC)cc(OC)cc1OC. The average molecular weight is 402 g/mol. The monoisotopic (exact) mass is 401 g/mol. The summed E-state index contributed by atoms with van der Waals surface area (Å²) in [4.78, 5) is 4.69. The second-order valence-electron chi connectivity index (χ2n) is 6.10. The minimum atomic E-state index is 0.481. The van der Waals surface area contributed by atoms with Crippen LogP contribution in [0.3, 0.4) is 0 Å². The van der Waals surface area contributed by atoms with Gasteiger partial charge >= 0.3 is 0 Å². The summed E-state index contributed by atoms with van der Waals surface area (Å²) < 4.78 is 22.0. The summed E-state index contributed by atoms with van der Waals surface area (Å²) in [6.07, 6.45) is 0. The molecule has 0 saturated heterocycles. The third kappa shape index (κ3) is 6.20. The normalized spacial score (nSPS) is 11.0. The lowest BCUT2D eigenvalue weighted by Gasteiger charge is -2.17. The van der Waals surface area contributed by atoms with Crippen LogP contribution in [0.1, 0.15) is 25.0 Å². The number of methoxy groups -OCH3 is 3. The van der Waals surface area contributed by atoms with E-state index < -0.39 is 0 Å². The standard InChI is InChI=1S/C22H31N3O4/c1-6-23-22(24-14-16-10-8-9-11-19(16)29-7-2)25-15-18-20(27-4)12-17(26-3)13-21(18)28-5/h8-13H,6-7,14-15H2,1-5H3,(H2,23,24,25). The number of hydrogen-bond acceptors (Lipinski definition) is 5. The van der Waals surface area contributed by atoms with Crippen LogP contribution >= 0.6 is 0 Å². The summed E-state index contributed by atoms with van der Waals surface area (Å²) in [6.45, 7) is 6.35. The van der Waals surface area contributed by atoms with Crippen molar-refractivity contribution >= 4 is 5.96 Å². The molecule has 0 radical (unpaired) electrons. The second kappa shape index (κ2) is 11.7. The molecule has 0 aliphatic heterocycles. The summed E-state index contributed by atoms with van der Waals surface area (Å²) in [7, 11) is 4.87. The number of hydrogen-bond donors (Lipinski definition) is 2. The van der Waals surface area contributed by atoms with Gasteiger partial charge in [-0.05, 0) is 19.9 Å². The Hall–Kier alpha value is -3.09. The highest BCUT2D eigenvalue weighted by molar-refractivity contribution is 5.80. The predicted octanol–water partition coefficient (Wildman–Crippen LogP) is 3.37. The van der Waals surface area contributed by atoms with Crippen molar-refractivity contribution in [2.75, 3.05) is 34.5 Å². The highest BCUT2D eigenvalue weighted by atomic mass is 16.5. The first kappa shape index (κ1) is 22.2. The van der Waals surface area contributed by atoms with E-state index >= 15 is 0 Å². The molecule has 0 aliphatic rings. The largest absolute Gasteiger partial charge is 0.496 e. The second-order valence-corrected chi connectivity index (χ2v) is 6.10. The van der Waals surface area contributed by atoms with Crippen LogP contribution in [0.15, 0.2) is 41.4 Å². The molecule has 0 amide bonds. The number of aliphatic imine (C=N–C) groups is 1. The van der Waals surface area contributed by atoms with E-state index in [1.807, 2.05) is 50.2 Å². The Labute approximate surface area is 173 Å². The van der Waals surface area contributed by atoms with Gasteiger partial charge in [0.25, 0.3) is 0 Å². The number of ether oxygens (including phenoxy) is 4. The Morgan fingerprint density at radius 3 is 2.17 bits per heavy atom. The molecule has 7 heteroatoms. The molecule has 2 N–H and O–H groups in total. The predicted molar refractivity (Wildman–Crippen MR) is 115 cm³/mol. The molecular weight excluding hydrogens is 370 g/mol. The van der Waals surface area contributed by atoms with Gasteiger partial charge < -0.3 is 29.6 Å². The maximum atomic E-state index is 5.69. The molecule has 2 aromatic carbocycles. The Morgan fingerprint density at radius 2 is 1.59 bits per heavy atom. The van der Waals surface area contributed by atoms with Crippen LogP contribution in [-0.2, 0) is 13.1 Å². The van der Waals surface area contributed by atoms with Crippen molar-refractivity contribution in [1.82, 2.24) is 10.6 Å². The molecule has 0 saturated carbocycles. The van der Waals surface area contributed by atoms with Crippen molar-refractivity contribution in [2.45, 2.75) is 26.9 Å². The number of rotatable bonds is 10. The maximum absolute atomic E-state index is 5.69.